The van der Waals surface area contributed by atoms with E-state index in [9.17, 15) is 14.0 Å². The van der Waals surface area contributed by atoms with Crippen molar-refractivity contribution >= 4 is 23.0 Å². The van der Waals surface area contributed by atoms with Gasteiger partial charge in [0.25, 0.3) is 0 Å². The average Bonchev–Trinajstić information content (AvgIpc) is 2.49. The fraction of sp³-hybridized carbons (Fsp3) is 0.188. The molecular formula is C16H12FN3O2. The number of aliphatic imine (C=N–C) groups is 1. The van der Waals surface area contributed by atoms with E-state index in [2.05, 4.69) is 15.0 Å². The van der Waals surface area contributed by atoms with Crippen LogP contribution in [0.15, 0.2) is 29.3 Å². The van der Waals surface area contributed by atoms with Crippen molar-refractivity contribution in [1.82, 2.24) is 9.97 Å². The molecule has 1 aliphatic carbocycles. The Balaban J connectivity index is 2.06. The van der Waals surface area contributed by atoms with Gasteiger partial charge in [-0.25, -0.2) is 19.4 Å². The van der Waals surface area contributed by atoms with Crippen LogP contribution in [0.1, 0.15) is 38.8 Å². The van der Waals surface area contributed by atoms with Crippen molar-refractivity contribution in [3.63, 3.8) is 0 Å². The number of aromatic nitrogens is 2. The molecule has 0 amide bonds. The number of rotatable bonds is 1. The zero-order valence-corrected chi connectivity index (χ0v) is 12.1. The van der Waals surface area contributed by atoms with Crippen LogP contribution in [0, 0.1) is 19.7 Å². The van der Waals surface area contributed by atoms with E-state index in [1.54, 1.807) is 13.8 Å². The summed E-state index contributed by atoms with van der Waals surface area (Å²) in [5.74, 6) is -1.09. The number of ketones is 2. The molecule has 22 heavy (non-hydrogen) atoms. The number of fused-ring (bicyclic) bond motifs is 1. The highest BCUT2D eigenvalue weighted by molar-refractivity contribution is 6.52. The summed E-state index contributed by atoms with van der Waals surface area (Å²) in [5.41, 5.74) is 1.88. The van der Waals surface area contributed by atoms with E-state index in [1.165, 1.54) is 24.3 Å². The lowest BCUT2D eigenvalue weighted by molar-refractivity contribution is 0.0957. The van der Waals surface area contributed by atoms with E-state index >= 15 is 0 Å². The van der Waals surface area contributed by atoms with Gasteiger partial charge in [0.1, 0.15) is 17.2 Å². The number of nitrogens with zero attached hydrogens (tertiary/aromatic N) is 3. The smallest absolute Gasteiger partial charge is 0.228 e. The second-order valence-electron chi connectivity index (χ2n) is 5.06. The van der Waals surface area contributed by atoms with Gasteiger partial charge < -0.3 is 0 Å². The Kier molecular flexibility index (Phi) is 3.36. The van der Waals surface area contributed by atoms with E-state index in [1.807, 2.05) is 0 Å². The van der Waals surface area contributed by atoms with Gasteiger partial charge in [-0.05, 0) is 38.1 Å². The van der Waals surface area contributed by atoms with Crippen LogP contribution in [0.25, 0.3) is 0 Å². The minimum atomic E-state index is -0.408. The van der Waals surface area contributed by atoms with Crippen LogP contribution in [-0.4, -0.2) is 27.2 Å². The zero-order valence-electron chi connectivity index (χ0n) is 12.1. The van der Waals surface area contributed by atoms with Crippen LogP contribution >= 0.6 is 0 Å². The summed E-state index contributed by atoms with van der Waals surface area (Å²) < 4.78 is 12.9. The molecule has 0 bridgehead atoms. The molecule has 0 N–H and O–H groups in total. The Bertz CT molecular complexity index is 826. The summed E-state index contributed by atoms with van der Waals surface area (Å²) in [7, 11) is 0. The molecule has 0 atom stereocenters. The second kappa shape index (κ2) is 5.22. The fourth-order valence-corrected chi connectivity index (χ4v) is 2.17. The van der Waals surface area contributed by atoms with E-state index < -0.39 is 11.6 Å². The van der Waals surface area contributed by atoms with Gasteiger partial charge in [0.05, 0.1) is 29.2 Å². The molecule has 1 aromatic carbocycles. The summed E-state index contributed by atoms with van der Waals surface area (Å²) in [6.07, 6.45) is -0.125. The first kappa shape index (κ1) is 14.2. The lowest BCUT2D eigenvalue weighted by Gasteiger charge is -2.15. The highest BCUT2D eigenvalue weighted by Gasteiger charge is 2.32. The number of hydrogen-bond acceptors (Lipinski definition) is 5. The number of carbonyl (C=O) groups excluding carboxylic acids is 2. The molecule has 0 spiro atoms. The van der Waals surface area contributed by atoms with Gasteiger partial charge >= 0.3 is 0 Å². The van der Waals surface area contributed by atoms with Gasteiger partial charge in [-0.2, -0.15) is 0 Å². The maximum absolute atomic E-state index is 12.9. The summed E-state index contributed by atoms with van der Waals surface area (Å²) >= 11 is 0. The zero-order chi connectivity index (χ0) is 15.9. The minimum absolute atomic E-state index is 0.0419. The van der Waals surface area contributed by atoms with Crippen molar-refractivity contribution in [3.05, 3.63) is 52.9 Å². The Morgan fingerprint density at radius 2 is 1.59 bits per heavy atom. The summed E-state index contributed by atoms with van der Waals surface area (Å²) in [6, 6.07) is 5.38. The molecule has 5 nitrogen and oxygen atoms in total. The molecule has 3 rings (SSSR count). The van der Waals surface area contributed by atoms with Crippen LogP contribution in [0.2, 0.25) is 0 Å². The second-order valence-corrected chi connectivity index (χ2v) is 5.06. The van der Waals surface area contributed by atoms with Crippen LogP contribution < -0.4 is 0 Å². The molecular weight excluding hydrogens is 285 g/mol. The van der Waals surface area contributed by atoms with E-state index in [0.29, 0.717) is 17.1 Å². The molecule has 1 heterocycles. The number of hydrogen-bond donors (Lipinski definition) is 0. The Labute approximate surface area is 125 Å². The molecule has 1 aromatic heterocycles. The Morgan fingerprint density at radius 1 is 1.00 bits per heavy atom. The van der Waals surface area contributed by atoms with Gasteiger partial charge in [0.15, 0.2) is 5.78 Å². The molecule has 2 aromatic rings. The largest absolute Gasteiger partial charge is 0.292 e. The van der Waals surface area contributed by atoms with Crippen molar-refractivity contribution in [2.24, 2.45) is 4.99 Å². The summed E-state index contributed by atoms with van der Waals surface area (Å²) in [5, 5.41) is 0. The summed E-state index contributed by atoms with van der Waals surface area (Å²) in [4.78, 5) is 37.1. The van der Waals surface area contributed by atoms with E-state index in [0.717, 1.165) is 0 Å². The standard InChI is InChI=1S/C16H12FN3O2/c1-8-9(2)19-15-14(18-8)13(21)7-12(16(15)22)20-11-5-3-10(17)4-6-11/h3-6H,7H2,1-2H3. The van der Waals surface area contributed by atoms with Gasteiger partial charge in [-0.1, -0.05) is 0 Å². The van der Waals surface area contributed by atoms with Gasteiger partial charge in [0.2, 0.25) is 5.78 Å². The number of carbonyl (C=O) groups is 2. The minimum Gasteiger partial charge on any atom is -0.292 e. The molecule has 0 aliphatic heterocycles. The van der Waals surface area contributed by atoms with E-state index in [4.69, 9.17) is 0 Å². The van der Waals surface area contributed by atoms with Crippen molar-refractivity contribution < 1.29 is 14.0 Å². The third-order valence-corrected chi connectivity index (χ3v) is 3.47. The topological polar surface area (TPSA) is 72.3 Å². The lowest BCUT2D eigenvalue weighted by atomic mass is 9.95. The van der Waals surface area contributed by atoms with Crippen molar-refractivity contribution in [1.29, 1.82) is 0 Å². The maximum atomic E-state index is 12.9. The first-order valence-electron chi connectivity index (χ1n) is 6.72. The monoisotopic (exact) mass is 297 g/mol. The lowest BCUT2D eigenvalue weighted by Crippen LogP contribution is -2.30. The van der Waals surface area contributed by atoms with Gasteiger partial charge in [-0.15, -0.1) is 0 Å². The highest BCUT2D eigenvalue weighted by Crippen LogP contribution is 2.21. The van der Waals surface area contributed by atoms with Gasteiger partial charge in [-0.3, -0.25) is 9.59 Å². The predicted octanol–water partition coefficient (Wildman–Crippen LogP) is 2.77. The molecule has 6 heteroatoms. The molecule has 0 radical (unpaired) electrons. The highest BCUT2D eigenvalue weighted by atomic mass is 19.1. The van der Waals surface area contributed by atoms with Crippen LogP contribution in [-0.2, 0) is 0 Å². The number of halogens is 1. The SMILES string of the molecule is Cc1nc2c(nc1C)C(=O)C(=Nc1ccc(F)cc1)CC2=O. The fourth-order valence-electron chi connectivity index (χ4n) is 2.17. The molecule has 0 saturated carbocycles. The molecule has 0 unspecified atom stereocenters. The maximum Gasteiger partial charge on any atom is 0.228 e. The molecule has 1 aliphatic rings. The van der Waals surface area contributed by atoms with Crippen LogP contribution in [0.3, 0.4) is 0 Å². The molecule has 110 valence electrons. The third kappa shape index (κ3) is 2.43. The number of aryl methyl sites for hydroxylation is 2. The van der Waals surface area contributed by atoms with Crippen molar-refractivity contribution in [3.8, 4) is 0 Å². The number of benzene rings is 1. The first-order chi connectivity index (χ1) is 10.5. The van der Waals surface area contributed by atoms with E-state index in [-0.39, 0.29) is 29.3 Å². The quantitative estimate of drug-likeness (QED) is 0.811. The number of Topliss-reactive ketones (excluding diaryl/α,β-unsaturated/α-hetero) is 2. The van der Waals surface area contributed by atoms with Gasteiger partial charge in [0, 0.05) is 0 Å². The molecule has 0 fully saturated rings. The third-order valence-electron chi connectivity index (χ3n) is 3.47. The van der Waals surface area contributed by atoms with Crippen LogP contribution in [0.5, 0.6) is 0 Å². The first-order valence-corrected chi connectivity index (χ1v) is 6.72. The Hall–Kier alpha value is -2.76. The Morgan fingerprint density at radius 3 is 2.23 bits per heavy atom. The van der Waals surface area contributed by atoms with Crippen molar-refractivity contribution in [2.75, 3.05) is 0 Å². The summed E-state index contributed by atoms with van der Waals surface area (Å²) in [6.45, 7) is 3.47. The van der Waals surface area contributed by atoms with Crippen molar-refractivity contribution in [2.45, 2.75) is 20.3 Å². The van der Waals surface area contributed by atoms with Crippen LogP contribution in [0.4, 0.5) is 10.1 Å². The normalized spacial score (nSPS) is 16.0. The predicted molar refractivity (Wildman–Crippen MR) is 78.3 cm³/mol. The average molecular weight is 297 g/mol. The molecule has 0 saturated heterocycles.